The third-order valence-electron chi connectivity index (χ3n) is 3.93. The lowest BCUT2D eigenvalue weighted by atomic mass is 10.3. The fourth-order valence-corrected chi connectivity index (χ4v) is 3.67. The lowest BCUT2D eigenvalue weighted by molar-refractivity contribution is -0.392. The summed E-state index contributed by atoms with van der Waals surface area (Å²) in [4.78, 5) is 14.1. The molecule has 5 N–H and O–H groups in total. The second-order valence-electron chi connectivity index (χ2n) is 5.94. The molecule has 0 radical (unpaired) electrons. The van der Waals surface area contributed by atoms with E-state index in [2.05, 4.69) is 4.98 Å². The fourth-order valence-electron chi connectivity index (χ4n) is 2.41. The molecule has 0 bridgehead atoms. The molecule has 0 unspecified atom stereocenters. The summed E-state index contributed by atoms with van der Waals surface area (Å²) < 4.78 is 25.7. The van der Waals surface area contributed by atoms with Crippen molar-refractivity contribution in [2.24, 2.45) is 0 Å². The van der Waals surface area contributed by atoms with Gasteiger partial charge in [-0.15, -0.1) is 0 Å². The number of nitrogens with zero attached hydrogens (tertiary/aromatic N) is 3. The highest BCUT2D eigenvalue weighted by molar-refractivity contribution is 7.91. The first-order valence-electron chi connectivity index (χ1n) is 8.40. The number of hydrogen-bond donors (Lipinski definition) is 3. The number of benzene rings is 2. The number of rotatable bonds is 5. The van der Waals surface area contributed by atoms with Gasteiger partial charge in [0.15, 0.2) is 5.82 Å². The number of hydrogen-bond acceptors (Lipinski definition) is 8. The Morgan fingerprint density at radius 1 is 1.03 bits per heavy atom. The van der Waals surface area contributed by atoms with Crippen molar-refractivity contribution in [2.75, 3.05) is 18.1 Å². The highest BCUT2D eigenvalue weighted by atomic mass is 32.2. The molecule has 1 aromatic heterocycles. The predicted molar refractivity (Wildman–Crippen MR) is 108 cm³/mol. The average Bonchev–Trinajstić information content (AvgIpc) is 3.04. The maximum Gasteiger partial charge on any atom is 0.342 e. The molecule has 0 saturated carbocycles. The third kappa shape index (κ3) is 5.30. The van der Waals surface area contributed by atoms with Crippen molar-refractivity contribution in [2.45, 2.75) is 23.3 Å². The number of sulfone groups is 1. The predicted octanol–water partition coefficient (Wildman–Crippen LogP) is 1.78. The Hall–Kier alpha value is -3.44. The molecule has 0 aliphatic rings. The van der Waals surface area contributed by atoms with Crippen molar-refractivity contribution >= 4 is 27.0 Å². The molecule has 3 rings (SSSR count). The monoisotopic (exact) mass is 419 g/mol. The molecule has 0 spiro atoms. The van der Waals surface area contributed by atoms with E-state index in [-0.39, 0.29) is 28.8 Å². The Balaban J connectivity index is 0.000000221. The summed E-state index contributed by atoms with van der Waals surface area (Å²) in [6.07, 6.45) is 1.19. The van der Waals surface area contributed by atoms with Gasteiger partial charge in [-0.05, 0) is 53.5 Å². The van der Waals surface area contributed by atoms with Crippen LogP contribution in [0, 0.1) is 17.0 Å². The quantitative estimate of drug-likeness (QED) is 0.319. The Kier molecular flexibility index (Phi) is 6.91. The van der Waals surface area contributed by atoms with Crippen LogP contribution in [0.2, 0.25) is 0 Å². The molecule has 0 fully saturated rings. The second-order valence-corrected chi connectivity index (χ2v) is 7.89. The molecule has 154 valence electrons. The number of imidazole rings is 1. The van der Waals surface area contributed by atoms with Gasteiger partial charge in [-0.2, -0.15) is 0 Å². The van der Waals surface area contributed by atoms with Gasteiger partial charge in [0, 0.05) is 18.3 Å². The van der Waals surface area contributed by atoms with E-state index in [1.165, 1.54) is 35.0 Å². The van der Waals surface area contributed by atoms with Gasteiger partial charge >= 0.3 is 5.82 Å². The van der Waals surface area contributed by atoms with Crippen LogP contribution in [0.15, 0.2) is 64.5 Å². The molecule has 0 atom stereocenters. The molecule has 10 nitrogen and oxygen atoms in total. The van der Waals surface area contributed by atoms with Crippen LogP contribution >= 0.6 is 0 Å². The number of aromatic nitrogens is 2. The minimum absolute atomic E-state index is 0.0819. The largest absolute Gasteiger partial charge is 0.399 e. The Morgan fingerprint density at radius 3 is 1.86 bits per heavy atom. The van der Waals surface area contributed by atoms with Crippen molar-refractivity contribution in [1.82, 2.24) is 9.55 Å². The number of aliphatic hydroxyl groups is 1. The van der Waals surface area contributed by atoms with Gasteiger partial charge in [0.1, 0.15) is 12.7 Å². The molecule has 1 heterocycles. The van der Waals surface area contributed by atoms with Gasteiger partial charge < -0.3 is 26.7 Å². The third-order valence-corrected chi connectivity index (χ3v) is 5.71. The summed E-state index contributed by atoms with van der Waals surface area (Å²) in [6.45, 7) is 1.74. The normalized spacial score (nSPS) is 10.8. The van der Waals surface area contributed by atoms with Gasteiger partial charge in [-0.25, -0.2) is 18.0 Å². The summed E-state index contributed by atoms with van der Waals surface area (Å²) in [5.41, 5.74) is 12.1. The number of anilines is 2. The van der Waals surface area contributed by atoms with E-state index in [0.717, 1.165) is 0 Å². The van der Waals surface area contributed by atoms with E-state index >= 15 is 0 Å². The molecule has 11 heteroatoms. The van der Waals surface area contributed by atoms with Crippen LogP contribution < -0.4 is 11.5 Å². The Bertz CT molecular complexity index is 1030. The standard InChI is InChI=1S/C12H12N2O2S.C6H9N3O3/c13-9-1-5-11(6-2-9)17(15,16)12-7-3-10(14)4-8-12;1-5-7-4-6(9(11)12)8(5)2-3-10/h1-8H,13-14H2;4,10H,2-3H2,1H3. The molecular weight excluding hydrogens is 398 g/mol. The Morgan fingerprint density at radius 2 is 1.48 bits per heavy atom. The summed E-state index contributed by atoms with van der Waals surface area (Å²) in [5.74, 6) is 0.456. The summed E-state index contributed by atoms with van der Waals surface area (Å²) in [5, 5.41) is 19.0. The van der Waals surface area contributed by atoms with Gasteiger partial charge in [-0.3, -0.25) is 0 Å². The number of nitrogen functional groups attached to an aromatic ring is 2. The SMILES string of the molecule is Cc1ncc([N+](=O)[O-])n1CCO.Nc1ccc(S(=O)(=O)c2ccc(N)cc2)cc1. The zero-order valence-corrected chi connectivity index (χ0v) is 16.4. The van der Waals surface area contributed by atoms with Crippen LogP contribution in [0.25, 0.3) is 0 Å². The first-order chi connectivity index (χ1) is 13.7. The number of aliphatic hydroxyl groups excluding tert-OH is 1. The number of aryl methyl sites for hydroxylation is 1. The highest BCUT2D eigenvalue weighted by Gasteiger charge is 2.17. The molecule has 0 amide bonds. The van der Waals surface area contributed by atoms with Crippen LogP contribution in [0.3, 0.4) is 0 Å². The zero-order chi connectivity index (χ0) is 21.6. The maximum absolute atomic E-state index is 12.2. The maximum atomic E-state index is 12.2. The molecule has 3 aromatic rings. The van der Waals surface area contributed by atoms with Crippen molar-refractivity contribution in [3.63, 3.8) is 0 Å². The van der Waals surface area contributed by atoms with Crippen molar-refractivity contribution < 1.29 is 18.4 Å². The van der Waals surface area contributed by atoms with E-state index in [1.54, 1.807) is 31.2 Å². The van der Waals surface area contributed by atoms with E-state index in [4.69, 9.17) is 16.6 Å². The van der Waals surface area contributed by atoms with Crippen molar-refractivity contribution in [3.8, 4) is 0 Å². The minimum Gasteiger partial charge on any atom is -0.399 e. The van der Waals surface area contributed by atoms with Crippen LogP contribution in [0.5, 0.6) is 0 Å². The van der Waals surface area contributed by atoms with Crippen LogP contribution in [-0.2, 0) is 16.4 Å². The zero-order valence-electron chi connectivity index (χ0n) is 15.6. The minimum atomic E-state index is -3.48. The highest BCUT2D eigenvalue weighted by Crippen LogP contribution is 2.22. The average molecular weight is 419 g/mol. The molecule has 0 aliphatic heterocycles. The van der Waals surface area contributed by atoms with Gasteiger partial charge in [0.2, 0.25) is 9.84 Å². The number of nitro groups is 1. The van der Waals surface area contributed by atoms with Gasteiger partial charge in [0.25, 0.3) is 0 Å². The van der Waals surface area contributed by atoms with E-state index in [1.807, 2.05) is 0 Å². The fraction of sp³-hybridized carbons (Fsp3) is 0.167. The smallest absolute Gasteiger partial charge is 0.342 e. The van der Waals surface area contributed by atoms with Crippen LogP contribution in [-0.4, -0.2) is 34.6 Å². The summed E-state index contributed by atoms with van der Waals surface area (Å²) in [7, 11) is -3.48. The Labute approximate surface area is 167 Å². The number of nitrogens with two attached hydrogens (primary N) is 2. The summed E-state index contributed by atoms with van der Waals surface area (Å²) in [6, 6.07) is 12.2. The first kappa shape index (κ1) is 21.9. The molecule has 0 saturated heterocycles. The van der Waals surface area contributed by atoms with Crippen molar-refractivity contribution in [3.05, 3.63) is 70.7 Å². The lowest BCUT2D eigenvalue weighted by Gasteiger charge is -2.05. The van der Waals surface area contributed by atoms with Crippen LogP contribution in [0.1, 0.15) is 5.82 Å². The second kappa shape index (κ2) is 9.17. The molecule has 2 aromatic carbocycles. The first-order valence-corrected chi connectivity index (χ1v) is 9.88. The van der Waals surface area contributed by atoms with E-state index in [0.29, 0.717) is 17.2 Å². The van der Waals surface area contributed by atoms with Crippen molar-refractivity contribution in [1.29, 1.82) is 0 Å². The van der Waals surface area contributed by atoms with Gasteiger partial charge in [-0.1, -0.05) is 0 Å². The molecule has 29 heavy (non-hydrogen) atoms. The lowest BCUT2D eigenvalue weighted by Crippen LogP contribution is -2.07. The molecular formula is C18H21N5O5S. The topological polar surface area (TPSA) is 167 Å². The van der Waals surface area contributed by atoms with E-state index < -0.39 is 14.8 Å². The van der Waals surface area contributed by atoms with Crippen LogP contribution in [0.4, 0.5) is 17.2 Å². The molecule has 0 aliphatic carbocycles. The van der Waals surface area contributed by atoms with Gasteiger partial charge in [0.05, 0.1) is 16.4 Å². The summed E-state index contributed by atoms with van der Waals surface area (Å²) >= 11 is 0. The van der Waals surface area contributed by atoms with E-state index in [9.17, 15) is 18.5 Å².